The maximum atomic E-state index is 6.37. The number of hydrogen-bond acceptors (Lipinski definition) is 3. The molecule has 4 nitrogen and oxygen atoms in total. The number of aryl methyl sites for hydroxylation is 2. The molecule has 0 bridgehead atoms. The van der Waals surface area contributed by atoms with Crippen LogP contribution in [0.3, 0.4) is 0 Å². The highest BCUT2D eigenvalue weighted by molar-refractivity contribution is 9.10. The maximum Gasteiger partial charge on any atom is 0.131 e. The molecular formula is C15H19BrClN3O. The van der Waals surface area contributed by atoms with E-state index in [-0.39, 0.29) is 0 Å². The van der Waals surface area contributed by atoms with Gasteiger partial charge in [-0.1, -0.05) is 34.5 Å². The van der Waals surface area contributed by atoms with Crippen LogP contribution in [-0.4, -0.2) is 9.78 Å². The number of benzene rings is 1. The van der Waals surface area contributed by atoms with E-state index >= 15 is 0 Å². The molecule has 21 heavy (non-hydrogen) atoms. The summed E-state index contributed by atoms with van der Waals surface area (Å²) in [6.45, 7) is 5.71. The Morgan fingerprint density at radius 3 is 2.76 bits per heavy atom. The summed E-state index contributed by atoms with van der Waals surface area (Å²) in [5.41, 5.74) is 8.53. The van der Waals surface area contributed by atoms with Gasteiger partial charge in [-0.2, -0.15) is 5.10 Å². The molecule has 0 aliphatic heterocycles. The minimum Gasteiger partial charge on any atom is -0.487 e. The fourth-order valence-electron chi connectivity index (χ4n) is 2.10. The predicted octanol–water partition coefficient (Wildman–Crippen LogP) is 3.92. The van der Waals surface area contributed by atoms with Gasteiger partial charge in [-0.3, -0.25) is 4.68 Å². The lowest BCUT2D eigenvalue weighted by molar-refractivity contribution is 0.292. The molecule has 6 heteroatoms. The average molecular weight is 373 g/mol. The Hall–Kier alpha value is -1.04. The van der Waals surface area contributed by atoms with Crippen LogP contribution in [0.15, 0.2) is 22.7 Å². The van der Waals surface area contributed by atoms with Crippen molar-refractivity contribution in [2.75, 3.05) is 0 Å². The first-order valence-electron chi connectivity index (χ1n) is 6.96. The molecule has 0 amide bonds. The van der Waals surface area contributed by atoms with Crippen LogP contribution in [0.5, 0.6) is 5.75 Å². The molecule has 2 aromatic rings. The fourth-order valence-corrected chi connectivity index (χ4v) is 2.84. The summed E-state index contributed by atoms with van der Waals surface area (Å²) in [5.74, 6) is 0.775. The van der Waals surface area contributed by atoms with E-state index < -0.39 is 0 Å². The van der Waals surface area contributed by atoms with Crippen molar-refractivity contribution in [3.05, 3.63) is 44.6 Å². The highest BCUT2D eigenvalue weighted by atomic mass is 79.9. The Morgan fingerprint density at radius 1 is 1.38 bits per heavy atom. The first kappa shape index (κ1) is 16.3. The van der Waals surface area contributed by atoms with Crippen LogP contribution in [0.25, 0.3) is 0 Å². The fraction of sp³-hybridized carbons (Fsp3) is 0.400. The first-order chi connectivity index (χ1) is 10.1. The Balaban J connectivity index is 2.18. The van der Waals surface area contributed by atoms with Gasteiger partial charge in [0, 0.05) is 17.6 Å². The van der Waals surface area contributed by atoms with Gasteiger partial charge in [-0.15, -0.1) is 0 Å². The van der Waals surface area contributed by atoms with E-state index in [4.69, 9.17) is 22.1 Å². The number of aromatic nitrogens is 2. The lowest BCUT2D eigenvalue weighted by atomic mass is 10.2. The molecule has 0 fully saturated rings. The number of hydrogen-bond donors (Lipinski definition) is 1. The molecule has 1 heterocycles. The molecule has 0 saturated carbocycles. The number of ether oxygens (including phenoxy) is 1. The Labute approximate surface area is 138 Å². The molecule has 0 atom stereocenters. The van der Waals surface area contributed by atoms with E-state index in [0.29, 0.717) is 18.2 Å². The van der Waals surface area contributed by atoms with Crippen LogP contribution >= 0.6 is 27.5 Å². The molecule has 1 aromatic heterocycles. The van der Waals surface area contributed by atoms with Gasteiger partial charge in [-0.25, -0.2) is 0 Å². The zero-order valence-corrected chi connectivity index (χ0v) is 14.5. The second kappa shape index (κ2) is 7.29. The molecule has 0 radical (unpaired) electrons. The van der Waals surface area contributed by atoms with Gasteiger partial charge < -0.3 is 10.5 Å². The topological polar surface area (TPSA) is 53.1 Å². The van der Waals surface area contributed by atoms with E-state index in [2.05, 4.69) is 21.0 Å². The molecule has 2 rings (SSSR count). The Morgan fingerprint density at radius 2 is 2.14 bits per heavy atom. The Kier molecular flexibility index (Phi) is 5.67. The summed E-state index contributed by atoms with van der Waals surface area (Å²) in [7, 11) is 0. The summed E-state index contributed by atoms with van der Waals surface area (Å²) in [4.78, 5) is 0. The van der Waals surface area contributed by atoms with Crippen molar-refractivity contribution in [2.45, 2.75) is 40.0 Å². The second-order valence-corrected chi connectivity index (χ2v) is 5.86. The minimum absolute atomic E-state index is 0.394. The lowest BCUT2D eigenvalue weighted by Crippen LogP contribution is -2.07. The lowest BCUT2D eigenvalue weighted by Gasteiger charge is -2.10. The molecule has 0 unspecified atom stereocenters. The third kappa shape index (κ3) is 3.59. The molecule has 2 N–H and O–H groups in total. The van der Waals surface area contributed by atoms with Crippen LogP contribution in [0, 0.1) is 0 Å². The van der Waals surface area contributed by atoms with Crippen LogP contribution in [0.4, 0.5) is 0 Å². The quantitative estimate of drug-likeness (QED) is 0.836. The zero-order valence-electron chi connectivity index (χ0n) is 12.2. The Bertz CT molecular complexity index is 628. The first-order valence-corrected chi connectivity index (χ1v) is 8.13. The third-order valence-corrected chi connectivity index (χ3v) is 4.52. The third-order valence-electron chi connectivity index (χ3n) is 3.31. The number of nitrogens with zero attached hydrogens (tertiary/aromatic N) is 2. The largest absolute Gasteiger partial charge is 0.487 e. The van der Waals surface area contributed by atoms with E-state index in [1.807, 2.05) is 36.7 Å². The zero-order chi connectivity index (χ0) is 15.4. The van der Waals surface area contributed by atoms with E-state index in [1.165, 1.54) is 0 Å². The van der Waals surface area contributed by atoms with Crippen molar-refractivity contribution in [1.29, 1.82) is 0 Å². The van der Waals surface area contributed by atoms with Crippen LogP contribution in [0.1, 0.15) is 30.8 Å². The summed E-state index contributed by atoms with van der Waals surface area (Å²) >= 11 is 9.83. The highest BCUT2D eigenvalue weighted by Gasteiger charge is 2.15. The van der Waals surface area contributed by atoms with Crippen molar-refractivity contribution in [1.82, 2.24) is 9.78 Å². The molecule has 114 valence electrons. The SMILES string of the molecule is CCc1nn(CC)c(COc2ccc(Br)c(CN)c2)c1Cl. The molecular weight excluding hydrogens is 354 g/mol. The van der Waals surface area contributed by atoms with E-state index in [0.717, 1.165) is 40.1 Å². The number of halogens is 2. The van der Waals surface area contributed by atoms with Crippen molar-refractivity contribution >= 4 is 27.5 Å². The maximum absolute atomic E-state index is 6.37. The minimum atomic E-state index is 0.394. The predicted molar refractivity (Wildman–Crippen MR) is 88.7 cm³/mol. The summed E-state index contributed by atoms with van der Waals surface area (Å²) in [6, 6.07) is 5.78. The second-order valence-electron chi connectivity index (χ2n) is 4.62. The van der Waals surface area contributed by atoms with Crippen LogP contribution in [0.2, 0.25) is 5.02 Å². The highest BCUT2D eigenvalue weighted by Crippen LogP contribution is 2.26. The van der Waals surface area contributed by atoms with E-state index in [1.54, 1.807) is 0 Å². The monoisotopic (exact) mass is 371 g/mol. The number of rotatable bonds is 6. The van der Waals surface area contributed by atoms with Crippen molar-refractivity contribution in [3.8, 4) is 5.75 Å². The molecule has 0 saturated heterocycles. The smallest absolute Gasteiger partial charge is 0.131 e. The molecule has 0 aliphatic carbocycles. The van der Waals surface area contributed by atoms with Crippen molar-refractivity contribution < 1.29 is 4.74 Å². The van der Waals surface area contributed by atoms with Gasteiger partial charge in [0.1, 0.15) is 12.4 Å². The van der Waals surface area contributed by atoms with E-state index in [9.17, 15) is 0 Å². The number of nitrogens with two attached hydrogens (primary N) is 1. The van der Waals surface area contributed by atoms with Gasteiger partial charge in [0.2, 0.25) is 0 Å². The summed E-state index contributed by atoms with van der Waals surface area (Å²) < 4.78 is 8.73. The van der Waals surface area contributed by atoms with Gasteiger partial charge >= 0.3 is 0 Å². The van der Waals surface area contributed by atoms with Gasteiger partial charge in [0.25, 0.3) is 0 Å². The van der Waals surface area contributed by atoms with Gasteiger partial charge in [0.05, 0.1) is 16.4 Å². The normalized spacial score (nSPS) is 10.9. The van der Waals surface area contributed by atoms with Crippen molar-refractivity contribution in [3.63, 3.8) is 0 Å². The summed E-state index contributed by atoms with van der Waals surface area (Å²) in [6.07, 6.45) is 0.814. The van der Waals surface area contributed by atoms with Crippen LogP contribution < -0.4 is 10.5 Å². The standard InChI is InChI=1S/C15H19BrClN3O/c1-3-13-15(17)14(20(4-2)19-13)9-21-11-5-6-12(16)10(7-11)8-18/h5-7H,3-4,8-9,18H2,1-2H3. The van der Waals surface area contributed by atoms with Gasteiger partial charge in [0.15, 0.2) is 0 Å². The van der Waals surface area contributed by atoms with Gasteiger partial charge in [-0.05, 0) is 37.1 Å². The molecule has 0 aliphatic rings. The van der Waals surface area contributed by atoms with Crippen molar-refractivity contribution in [2.24, 2.45) is 5.73 Å². The summed E-state index contributed by atoms with van der Waals surface area (Å²) in [5, 5.41) is 5.19. The van der Waals surface area contributed by atoms with Crippen LogP contribution in [-0.2, 0) is 26.1 Å². The average Bonchev–Trinajstić information content (AvgIpc) is 2.82. The molecule has 0 spiro atoms. The molecule has 1 aromatic carbocycles.